The van der Waals surface area contributed by atoms with Crippen LogP contribution >= 0.6 is 11.6 Å². The van der Waals surface area contributed by atoms with Gasteiger partial charge in [-0.1, -0.05) is 35.9 Å². The van der Waals surface area contributed by atoms with E-state index in [-0.39, 0.29) is 16.6 Å². The van der Waals surface area contributed by atoms with Crippen LogP contribution in [0.25, 0.3) is 5.57 Å². The number of hydrogen-bond acceptors (Lipinski definition) is 4. The zero-order valence-corrected chi connectivity index (χ0v) is 14.2. The van der Waals surface area contributed by atoms with Crippen LogP contribution in [-0.2, 0) is 0 Å². The predicted octanol–water partition coefficient (Wildman–Crippen LogP) is 3.46. The lowest BCUT2D eigenvalue weighted by Gasteiger charge is -2.27. The number of hydrogen-bond donors (Lipinski definition) is 0. The maximum atomic E-state index is 12.5. The molecule has 6 heteroatoms. The summed E-state index contributed by atoms with van der Waals surface area (Å²) in [6.45, 7) is 3.74. The molecule has 0 bridgehead atoms. The molecule has 0 atom stereocenters. The average molecular weight is 344 g/mol. The van der Waals surface area contributed by atoms with Gasteiger partial charge in [0.15, 0.2) is 0 Å². The van der Waals surface area contributed by atoms with Crippen molar-refractivity contribution in [3.8, 4) is 5.75 Å². The van der Waals surface area contributed by atoms with Gasteiger partial charge in [-0.2, -0.15) is 0 Å². The molecule has 0 fully saturated rings. The number of aromatic nitrogens is 2. The molecule has 0 spiro atoms. The van der Waals surface area contributed by atoms with Crippen LogP contribution in [0.4, 0.5) is 0 Å². The molecule has 1 amide bonds. The van der Waals surface area contributed by atoms with E-state index in [2.05, 4.69) is 22.1 Å². The molecule has 3 rings (SSSR count). The van der Waals surface area contributed by atoms with Gasteiger partial charge in [-0.25, -0.2) is 9.97 Å². The number of amides is 1. The third-order valence-electron chi connectivity index (χ3n) is 3.90. The number of benzene rings is 1. The molecule has 2 heterocycles. The Kier molecular flexibility index (Phi) is 5.11. The van der Waals surface area contributed by atoms with Gasteiger partial charge >= 0.3 is 0 Å². The smallest absolute Gasteiger partial charge is 0.274 e. The summed E-state index contributed by atoms with van der Waals surface area (Å²) >= 11 is 6.01. The summed E-state index contributed by atoms with van der Waals surface area (Å²) in [6, 6.07) is 7.98. The zero-order valence-electron chi connectivity index (χ0n) is 13.4. The summed E-state index contributed by atoms with van der Waals surface area (Å²) in [4.78, 5) is 22.1. The minimum atomic E-state index is -0.171. The summed E-state index contributed by atoms with van der Waals surface area (Å²) in [6.07, 6.45) is 5.60. The molecule has 0 saturated carbocycles. The van der Waals surface area contributed by atoms with Gasteiger partial charge in [-0.15, -0.1) is 0 Å². The largest absolute Gasteiger partial charge is 0.493 e. The van der Waals surface area contributed by atoms with Crippen molar-refractivity contribution in [1.82, 2.24) is 14.9 Å². The Morgan fingerprint density at radius 2 is 2.21 bits per heavy atom. The first-order valence-corrected chi connectivity index (χ1v) is 8.24. The molecule has 1 aliphatic rings. The molecule has 0 radical (unpaired) electrons. The van der Waals surface area contributed by atoms with Crippen molar-refractivity contribution in [2.24, 2.45) is 0 Å². The van der Waals surface area contributed by atoms with Crippen molar-refractivity contribution in [3.63, 3.8) is 0 Å². The van der Waals surface area contributed by atoms with Gasteiger partial charge in [-0.05, 0) is 25.0 Å². The van der Waals surface area contributed by atoms with Crippen LogP contribution < -0.4 is 4.74 Å². The number of ether oxygens (including phenoxy) is 1. The summed E-state index contributed by atoms with van der Waals surface area (Å²) in [5.41, 5.74) is 2.53. The standard InChI is InChI=1S/C18H18ClN3O2/c1-2-24-16-6-4-3-5-14(16)13-7-9-22(10-8-13)18(23)17-15(19)11-20-12-21-17/h3-7,11-12H,2,8-10H2,1H3. The van der Waals surface area contributed by atoms with E-state index in [1.807, 2.05) is 25.1 Å². The van der Waals surface area contributed by atoms with Crippen LogP contribution in [0.5, 0.6) is 5.75 Å². The normalized spacial score (nSPS) is 14.2. The van der Waals surface area contributed by atoms with E-state index >= 15 is 0 Å². The molecule has 0 N–H and O–H groups in total. The highest BCUT2D eigenvalue weighted by molar-refractivity contribution is 6.33. The molecule has 24 heavy (non-hydrogen) atoms. The zero-order chi connectivity index (χ0) is 16.9. The SMILES string of the molecule is CCOc1ccccc1C1=CCN(C(=O)c2ncncc2Cl)CC1. The topological polar surface area (TPSA) is 55.3 Å². The second kappa shape index (κ2) is 7.45. The Hall–Kier alpha value is -2.40. The molecule has 0 aliphatic carbocycles. The number of carbonyl (C=O) groups excluding carboxylic acids is 1. The van der Waals surface area contributed by atoms with Crippen LogP contribution in [0.3, 0.4) is 0 Å². The third-order valence-corrected chi connectivity index (χ3v) is 4.18. The van der Waals surface area contributed by atoms with Crippen LogP contribution in [0, 0.1) is 0 Å². The Balaban J connectivity index is 1.77. The highest BCUT2D eigenvalue weighted by atomic mass is 35.5. The summed E-state index contributed by atoms with van der Waals surface area (Å²) in [5.74, 6) is 0.709. The van der Waals surface area contributed by atoms with Crippen LogP contribution in [-0.4, -0.2) is 40.5 Å². The number of halogens is 1. The number of rotatable bonds is 4. The second-order valence-electron chi connectivity index (χ2n) is 5.38. The Morgan fingerprint density at radius 3 is 2.92 bits per heavy atom. The Labute approximate surface area is 145 Å². The first-order valence-electron chi connectivity index (χ1n) is 7.86. The van der Waals surface area contributed by atoms with E-state index in [0.717, 1.165) is 17.7 Å². The lowest BCUT2D eigenvalue weighted by molar-refractivity contribution is 0.0767. The van der Waals surface area contributed by atoms with Gasteiger partial charge in [0.1, 0.15) is 17.8 Å². The molecule has 0 saturated heterocycles. The van der Waals surface area contributed by atoms with Crippen LogP contribution in [0.2, 0.25) is 5.02 Å². The van der Waals surface area contributed by atoms with E-state index in [9.17, 15) is 4.79 Å². The molecular weight excluding hydrogens is 326 g/mol. The fraction of sp³-hybridized carbons (Fsp3) is 0.278. The van der Waals surface area contributed by atoms with Crippen LogP contribution in [0.15, 0.2) is 42.9 Å². The minimum Gasteiger partial charge on any atom is -0.493 e. The molecule has 1 aliphatic heterocycles. The fourth-order valence-corrected chi connectivity index (χ4v) is 2.92. The fourth-order valence-electron chi connectivity index (χ4n) is 2.73. The van der Waals surface area contributed by atoms with Crippen molar-refractivity contribution in [2.75, 3.05) is 19.7 Å². The molecular formula is C18H18ClN3O2. The number of carbonyl (C=O) groups is 1. The van der Waals surface area contributed by atoms with E-state index in [1.165, 1.54) is 18.1 Å². The van der Waals surface area contributed by atoms with Crippen molar-refractivity contribution >= 4 is 23.1 Å². The monoisotopic (exact) mass is 343 g/mol. The van der Waals surface area contributed by atoms with Gasteiger partial charge in [0.25, 0.3) is 5.91 Å². The Morgan fingerprint density at radius 1 is 1.38 bits per heavy atom. The molecule has 5 nitrogen and oxygen atoms in total. The highest BCUT2D eigenvalue weighted by Crippen LogP contribution is 2.30. The molecule has 2 aromatic rings. The predicted molar refractivity (Wildman–Crippen MR) is 93.2 cm³/mol. The quantitative estimate of drug-likeness (QED) is 0.853. The van der Waals surface area contributed by atoms with Gasteiger partial charge < -0.3 is 9.64 Å². The maximum Gasteiger partial charge on any atom is 0.274 e. The molecule has 124 valence electrons. The summed E-state index contributed by atoms with van der Waals surface area (Å²) in [7, 11) is 0. The average Bonchev–Trinajstić information content (AvgIpc) is 2.63. The first-order chi connectivity index (χ1) is 11.7. The van der Waals surface area contributed by atoms with Crippen molar-refractivity contribution in [1.29, 1.82) is 0 Å². The summed E-state index contributed by atoms with van der Waals surface area (Å²) < 4.78 is 5.69. The lowest BCUT2D eigenvalue weighted by atomic mass is 9.98. The van der Waals surface area contributed by atoms with E-state index in [4.69, 9.17) is 16.3 Å². The molecule has 0 unspecified atom stereocenters. The van der Waals surface area contributed by atoms with E-state index in [0.29, 0.717) is 19.7 Å². The van der Waals surface area contributed by atoms with E-state index < -0.39 is 0 Å². The van der Waals surface area contributed by atoms with E-state index in [1.54, 1.807) is 4.90 Å². The minimum absolute atomic E-state index is 0.171. The Bertz CT molecular complexity index is 776. The highest BCUT2D eigenvalue weighted by Gasteiger charge is 2.23. The first kappa shape index (κ1) is 16.5. The van der Waals surface area contributed by atoms with Gasteiger partial charge in [0.05, 0.1) is 11.6 Å². The maximum absolute atomic E-state index is 12.5. The second-order valence-corrected chi connectivity index (χ2v) is 5.79. The van der Waals surface area contributed by atoms with Gasteiger partial charge in [0, 0.05) is 24.8 Å². The molecule has 1 aromatic carbocycles. The lowest BCUT2D eigenvalue weighted by Crippen LogP contribution is -2.35. The number of nitrogens with zero attached hydrogens (tertiary/aromatic N) is 3. The third kappa shape index (κ3) is 3.41. The summed E-state index contributed by atoms with van der Waals surface area (Å²) in [5, 5.41) is 0.277. The van der Waals surface area contributed by atoms with Crippen molar-refractivity contribution < 1.29 is 9.53 Å². The van der Waals surface area contributed by atoms with Crippen LogP contribution in [0.1, 0.15) is 29.4 Å². The molecule has 1 aromatic heterocycles. The van der Waals surface area contributed by atoms with Gasteiger partial charge in [0.2, 0.25) is 0 Å². The number of para-hydroxylation sites is 1. The van der Waals surface area contributed by atoms with Crippen molar-refractivity contribution in [3.05, 3.63) is 59.1 Å². The van der Waals surface area contributed by atoms with Crippen molar-refractivity contribution in [2.45, 2.75) is 13.3 Å². The van der Waals surface area contributed by atoms with Gasteiger partial charge in [-0.3, -0.25) is 4.79 Å².